The van der Waals surface area contributed by atoms with Crippen LogP contribution in [0.25, 0.3) is 0 Å². The molecule has 0 radical (unpaired) electrons. The third-order valence-corrected chi connectivity index (χ3v) is 1.04. The van der Waals surface area contributed by atoms with Crippen molar-refractivity contribution in [3.63, 3.8) is 0 Å². The molecule has 1 rings (SSSR count). The number of rotatable bonds is 0. The van der Waals surface area contributed by atoms with Gasteiger partial charge in [-0.05, 0) is 24.6 Å². The van der Waals surface area contributed by atoms with E-state index >= 15 is 0 Å². The Morgan fingerprint density at radius 3 is 2.00 bits per heavy atom. The van der Waals surface area contributed by atoms with Crippen LogP contribution in [0.2, 0.25) is 0 Å². The van der Waals surface area contributed by atoms with Gasteiger partial charge in [0.2, 0.25) is 0 Å². The molecule has 0 unspecified atom stereocenters. The Morgan fingerprint density at radius 2 is 1.73 bits per heavy atom. The third-order valence-electron chi connectivity index (χ3n) is 1.04. The lowest BCUT2D eigenvalue weighted by molar-refractivity contribution is 0.824. The minimum Gasteiger partial charge on any atom is -0.412 e. The summed E-state index contributed by atoms with van der Waals surface area (Å²) in [5.74, 6) is 0. The molecule has 0 aliphatic carbocycles. The summed E-state index contributed by atoms with van der Waals surface area (Å²) in [7, 11) is 0. The number of benzene rings is 1. The molecule has 0 atom stereocenters. The molecule has 0 amide bonds. The molecular weight excluding hydrogens is 185 g/mol. The van der Waals surface area contributed by atoms with Gasteiger partial charge in [0, 0.05) is 5.69 Å². The fraction of sp³-hybridized carbons (Fsp3) is 0.143. The second-order valence-electron chi connectivity index (χ2n) is 1.91. The van der Waals surface area contributed by atoms with Crippen molar-refractivity contribution in [1.82, 2.24) is 0 Å². The average molecular weight is 198 g/mol. The molecule has 0 saturated carbocycles. The van der Waals surface area contributed by atoms with Crippen molar-refractivity contribution in [3.05, 3.63) is 29.8 Å². The molecule has 4 N–H and O–H groups in total. The predicted molar refractivity (Wildman–Crippen MR) is 53.7 cm³/mol. The van der Waals surface area contributed by atoms with Crippen LogP contribution in [0.5, 0.6) is 0 Å². The first-order valence-electron chi connectivity index (χ1n) is 2.61. The summed E-state index contributed by atoms with van der Waals surface area (Å²) in [5, 5.41) is 0. The quantitative estimate of drug-likeness (QED) is 0.632. The molecule has 1 aromatic rings. The first kappa shape index (κ1) is 16.9. The predicted octanol–water partition coefficient (Wildman–Crippen LogP) is 1.60. The largest absolute Gasteiger partial charge is 0.412 e. The summed E-state index contributed by atoms with van der Waals surface area (Å²) in [4.78, 5) is 0. The van der Waals surface area contributed by atoms with E-state index in [0.717, 1.165) is 5.69 Å². The van der Waals surface area contributed by atoms with Crippen molar-refractivity contribution in [2.75, 3.05) is 5.73 Å². The van der Waals surface area contributed by atoms with Crippen LogP contribution in [0, 0.1) is 6.92 Å². The number of aryl methyl sites for hydroxylation is 1. The summed E-state index contributed by atoms with van der Waals surface area (Å²) in [5.41, 5.74) is 7.51. The van der Waals surface area contributed by atoms with Gasteiger partial charge in [-0.3, -0.25) is 0 Å². The molecule has 4 heteroatoms. The molecule has 0 aliphatic rings. The van der Waals surface area contributed by atoms with Crippen LogP contribution >= 0.6 is 24.8 Å². The Morgan fingerprint density at radius 1 is 1.18 bits per heavy atom. The second kappa shape index (κ2) is 7.66. The van der Waals surface area contributed by atoms with Gasteiger partial charge < -0.3 is 11.2 Å². The van der Waals surface area contributed by atoms with Gasteiger partial charge in [0.05, 0.1) is 0 Å². The van der Waals surface area contributed by atoms with E-state index in [9.17, 15) is 0 Å². The molecule has 2 nitrogen and oxygen atoms in total. The summed E-state index contributed by atoms with van der Waals surface area (Å²) < 4.78 is 0. The SMILES string of the molecule is Cc1cccc(N)c1.Cl.Cl.O. The van der Waals surface area contributed by atoms with E-state index in [1.807, 2.05) is 31.2 Å². The smallest absolute Gasteiger partial charge is 0.0316 e. The van der Waals surface area contributed by atoms with E-state index < -0.39 is 0 Å². The number of halogens is 2. The molecule has 0 spiro atoms. The van der Waals surface area contributed by atoms with Crippen LogP contribution < -0.4 is 5.73 Å². The molecule has 11 heavy (non-hydrogen) atoms. The van der Waals surface area contributed by atoms with Crippen LogP contribution in [-0.2, 0) is 0 Å². The van der Waals surface area contributed by atoms with Crippen molar-refractivity contribution < 1.29 is 5.48 Å². The Bertz CT molecular complexity index is 176. The molecule has 0 aliphatic heterocycles. The lowest BCUT2D eigenvalue weighted by Gasteiger charge is -1.91. The minimum atomic E-state index is 0. The van der Waals surface area contributed by atoms with Crippen LogP contribution in [0.1, 0.15) is 5.56 Å². The lowest BCUT2D eigenvalue weighted by atomic mass is 10.2. The van der Waals surface area contributed by atoms with Crippen molar-refractivity contribution in [2.24, 2.45) is 0 Å². The van der Waals surface area contributed by atoms with Crippen LogP contribution in [0.3, 0.4) is 0 Å². The fourth-order valence-corrected chi connectivity index (χ4v) is 0.670. The number of anilines is 1. The maximum atomic E-state index is 5.46. The number of hydrogen-bond donors (Lipinski definition) is 1. The minimum absolute atomic E-state index is 0. The van der Waals surface area contributed by atoms with Crippen LogP contribution in [-0.4, -0.2) is 5.48 Å². The Kier molecular flexibility index (Phi) is 11.8. The maximum Gasteiger partial charge on any atom is 0.0316 e. The lowest BCUT2D eigenvalue weighted by Crippen LogP contribution is -1.82. The molecule has 1 aromatic carbocycles. The van der Waals surface area contributed by atoms with Crippen molar-refractivity contribution in [2.45, 2.75) is 6.92 Å². The summed E-state index contributed by atoms with van der Waals surface area (Å²) in [6, 6.07) is 7.80. The average Bonchev–Trinajstić information content (AvgIpc) is 1.64. The van der Waals surface area contributed by atoms with Gasteiger partial charge >= 0.3 is 0 Å². The van der Waals surface area contributed by atoms with E-state index in [2.05, 4.69) is 0 Å². The van der Waals surface area contributed by atoms with E-state index in [0.29, 0.717) is 0 Å². The van der Waals surface area contributed by atoms with Gasteiger partial charge in [-0.15, -0.1) is 24.8 Å². The molecule has 66 valence electrons. The molecular formula is C7H13Cl2NO. The zero-order valence-electron chi connectivity index (χ0n) is 6.20. The molecule has 0 saturated heterocycles. The van der Waals surface area contributed by atoms with Gasteiger partial charge in [-0.25, -0.2) is 0 Å². The van der Waals surface area contributed by atoms with Crippen molar-refractivity contribution >= 4 is 30.5 Å². The van der Waals surface area contributed by atoms with E-state index in [1.165, 1.54) is 5.56 Å². The standard InChI is InChI=1S/C7H9N.2ClH.H2O/c1-6-3-2-4-7(8)5-6;;;/h2-5H,8H2,1H3;2*1H;1H2. The van der Waals surface area contributed by atoms with E-state index in [1.54, 1.807) is 0 Å². The van der Waals surface area contributed by atoms with Gasteiger partial charge in [-0.1, -0.05) is 12.1 Å². The topological polar surface area (TPSA) is 57.5 Å². The van der Waals surface area contributed by atoms with Crippen LogP contribution in [0.4, 0.5) is 5.69 Å². The van der Waals surface area contributed by atoms with Crippen LogP contribution in [0.15, 0.2) is 24.3 Å². The molecule has 0 heterocycles. The zero-order valence-corrected chi connectivity index (χ0v) is 7.84. The highest BCUT2D eigenvalue weighted by atomic mass is 35.5. The fourth-order valence-electron chi connectivity index (χ4n) is 0.670. The van der Waals surface area contributed by atoms with Gasteiger partial charge in [0.15, 0.2) is 0 Å². The highest BCUT2D eigenvalue weighted by Gasteiger charge is 1.81. The van der Waals surface area contributed by atoms with Gasteiger partial charge in [0.1, 0.15) is 0 Å². The summed E-state index contributed by atoms with van der Waals surface area (Å²) >= 11 is 0. The Labute approximate surface area is 78.9 Å². The van der Waals surface area contributed by atoms with Gasteiger partial charge in [-0.2, -0.15) is 0 Å². The highest BCUT2D eigenvalue weighted by Crippen LogP contribution is 2.03. The number of nitrogens with two attached hydrogens (primary N) is 1. The highest BCUT2D eigenvalue weighted by molar-refractivity contribution is 5.85. The monoisotopic (exact) mass is 197 g/mol. The second-order valence-corrected chi connectivity index (χ2v) is 1.91. The number of hydrogen-bond acceptors (Lipinski definition) is 1. The van der Waals surface area contributed by atoms with Gasteiger partial charge in [0.25, 0.3) is 0 Å². The normalized spacial score (nSPS) is 6.64. The maximum absolute atomic E-state index is 5.46. The van der Waals surface area contributed by atoms with E-state index in [4.69, 9.17) is 5.73 Å². The first-order chi connectivity index (χ1) is 3.79. The molecule has 0 fully saturated rings. The first-order valence-corrected chi connectivity index (χ1v) is 2.61. The van der Waals surface area contributed by atoms with Crippen molar-refractivity contribution in [3.8, 4) is 0 Å². The number of nitrogen functional groups attached to an aromatic ring is 1. The molecule has 0 aromatic heterocycles. The Balaban J connectivity index is -0.000000213. The third kappa shape index (κ3) is 5.98. The summed E-state index contributed by atoms with van der Waals surface area (Å²) in [6.07, 6.45) is 0. The molecule has 0 bridgehead atoms. The van der Waals surface area contributed by atoms with E-state index in [-0.39, 0.29) is 30.3 Å². The zero-order chi connectivity index (χ0) is 5.98. The Hall–Kier alpha value is -0.440. The van der Waals surface area contributed by atoms with Crippen molar-refractivity contribution in [1.29, 1.82) is 0 Å². The summed E-state index contributed by atoms with van der Waals surface area (Å²) in [6.45, 7) is 2.02.